The fourth-order valence-corrected chi connectivity index (χ4v) is 4.25. The van der Waals surface area contributed by atoms with Gasteiger partial charge >= 0.3 is 12.0 Å². The van der Waals surface area contributed by atoms with Crippen LogP contribution in [0.15, 0.2) is 0 Å². The van der Waals surface area contributed by atoms with Crippen molar-refractivity contribution in [2.75, 3.05) is 43.7 Å². The van der Waals surface area contributed by atoms with Crippen molar-refractivity contribution in [1.82, 2.24) is 9.80 Å². The SMILES string of the molecule is CSCCN(C)C(=O)N(CC(=O)O)C1CCS(=O)(=O)C1. The molecule has 0 aliphatic carbocycles. The van der Waals surface area contributed by atoms with Crippen LogP contribution in [-0.2, 0) is 14.6 Å². The van der Waals surface area contributed by atoms with E-state index in [0.29, 0.717) is 13.0 Å². The first-order chi connectivity index (χ1) is 9.26. The van der Waals surface area contributed by atoms with Crippen LogP contribution in [0.3, 0.4) is 0 Å². The number of carbonyl (C=O) groups excluding carboxylic acids is 1. The van der Waals surface area contributed by atoms with Gasteiger partial charge in [-0.3, -0.25) is 4.79 Å². The van der Waals surface area contributed by atoms with Crippen LogP contribution in [0.2, 0.25) is 0 Å². The molecular formula is C11H20N2O5S2. The highest BCUT2D eigenvalue weighted by molar-refractivity contribution is 7.98. The van der Waals surface area contributed by atoms with Crippen LogP contribution in [0, 0.1) is 0 Å². The molecule has 0 aromatic rings. The van der Waals surface area contributed by atoms with E-state index >= 15 is 0 Å². The number of sulfone groups is 1. The number of hydrogen-bond acceptors (Lipinski definition) is 5. The van der Waals surface area contributed by atoms with E-state index in [-0.39, 0.29) is 11.5 Å². The molecule has 1 aliphatic rings. The zero-order valence-corrected chi connectivity index (χ0v) is 13.2. The standard InChI is InChI=1S/C11H20N2O5S2/c1-12(4-5-19-2)11(16)13(7-10(14)15)9-3-6-20(17,18)8-9/h9H,3-8H2,1-2H3,(H,14,15). The predicted molar refractivity (Wildman–Crippen MR) is 77.8 cm³/mol. The normalized spacial score (nSPS) is 20.6. The van der Waals surface area contributed by atoms with Gasteiger partial charge in [0.05, 0.1) is 11.5 Å². The average molecular weight is 324 g/mol. The van der Waals surface area contributed by atoms with Gasteiger partial charge in [-0.2, -0.15) is 11.8 Å². The molecule has 0 radical (unpaired) electrons. The van der Waals surface area contributed by atoms with E-state index in [9.17, 15) is 18.0 Å². The van der Waals surface area contributed by atoms with Crippen LogP contribution in [0.4, 0.5) is 4.79 Å². The van der Waals surface area contributed by atoms with Crippen LogP contribution >= 0.6 is 11.8 Å². The first-order valence-corrected chi connectivity index (χ1v) is 9.41. The maximum absolute atomic E-state index is 12.3. The highest BCUT2D eigenvalue weighted by Crippen LogP contribution is 2.19. The van der Waals surface area contributed by atoms with Gasteiger partial charge in [-0.1, -0.05) is 0 Å². The number of urea groups is 1. The van der Waals surface area contributed by atoms with Crippen molar-refractivity contribution in [1.29, 1.82) is 0 Å². The van der Waals surface area contributed by atoms with Gasteiger partial charge in [-0.25, -0.2) is 13.2 Å². The minimum Gasteiger partial charge on any atom is -0.480 e. The number of nitrogens with zero attached hydrogens (tertiary/aromatic N) is 2. The average Bonchev–Trinajstić information content (AvgIpc) is 2.72. The Morgan fingerprint density at radius 3 is 2.50 bits per heavy atom. The lowest BCUT2D eigenvalue weighted by Gasteiger charge is -2.31. The van der Waals surface area contributed by atoms with Gasteiger partial charge in [0, 0.05) is 25.4 Å². The second-order valence-electron chi connectivity index (χ2n) is 4.78. The van der Waals surface area contributed by atoms with Gasteiger partial charge < -0.3 is 14.9 Å². The van der Waals surface area contributed by atoms with Crippen LogP contribution in [0.5, 0.6) is 0 Å². The number of carboxylic acid groups (broad SMARTS) is 1. The Labute approximate surface area is 123 Å². The summed E-state index contributed by atoms with van der Waals surface area (Å²) in [4.78, 5) is 25.8. The molecule has 9 heteroatoms. The molecule has 0 aromatic carbocycles. The van der Waals surface area contributed by atoms with Gasteiger partial charge in [0.15, 0.2) is 9.84 Å². The van der Waals surface area contributed by atoms with Gasteiger partial charge in [0.1, 0.15) is 6.54 Å². The number of carboxylic acids is 1. The minimum absolute atomic E-state index is 0.00952. The molecule has 0 saturated carbocycles. The largest absolute Gasteiger partial charge is 0.480 e. The van der Waals surface area contributed by atoms with E-state index in [1.807, 2.05) is 6.26 Å². The molecule has 2 amide bonds. The molecule has 116 valence electrons. The molecule has 1 N–H and O–H groups in total. The Balaban J connectivity index is 2.78. The molecule has 1 aliphatic heterocycles. The van der Waals surface area contributed by atoms with Crippen LogP contribution in [0.25, 0.3) is 0 Å². The van der Waals surface area contributed by atoms with Crippen LogP contribution in [0.1, 0.15) is 6.42 Å². The number of rotatable bonds is 6. The monoisotopic (exact) mass is 324 g/mol. The summed E-state index contributed by atoms with van der Waals surface area (Å²) in [7, 11) is -1.57. The third-order valence-electron chi connectivity index (χ3n) is 3.16. The summed E-state index contributed by atoms with van der Waals surface area (Å²) in [6.45, 7) is 0.0260. The van der Waals surface area contributed by atoms with Gasteiger partial charge in [0.2, 0.25) is 0 Å². The third kappa shape index (κ3) is 4.86. The van der Waals surface area contributed by atoms with Crippen molar-refractivity contribution >= 4 is 33.6 Å². The van der Waals surface area contributed by atoms with Crippen molar-refractivity contribution in [2.45, 2.75) is 12.5 Å². The van der Waals surface area contributed by atoms with Gasteiger partial charge in [-0.15, -0.1) is 0 Å². The number of aliphatic carboxylic acids is 1. The highest BCUT2D eigenvalue weighted by atomic mass is 32.2. The summed E-state index contributed by atoms with van der Waals surface area (Å²) in [6, 6.07) is -0.969. The Morgan fingerprint density at radius 2 is 2.05 bits per heavy atom. The van der Waals surface area contributed by atoms with Crippen LogP contribution < -0.4 is 0 Å². The Morgan fingerprint density at radius 1 is 1.40 bits per heavy atom. The van der Waals surface area contributed by atoms with Crippen molar-refractivity contribution < 1.29 is 23.1 Å². The first kappa shape index (κ1) is 17.1. The number of hydrogen-bond donors (Lipinski definition) is 1. The second kappa shape index (κ2) is 7.16. The molecule has 1 unspecified atom stereocenters. The summed E-state index contributed by atoms with van der Waals surface area (Å²) in [5, 5.41) is 8.92. The summed E-state index contributed by atoms with van der Waals surface area (Å²) in [6.07, 6.45) is 2.22. The maximum atomic E-state index is 12.3. The molecule has 0 bridgehead atoms. The Bertz CT molecular complexity index is 465. The lowest BCUT2D eigenvalue weighted by molar-refractivity contribution is -0.138. The molecule has 1 heterocycles. The number of amides is 2. The van der Waals surface area contributed by atoms with E-state index in [0.717, 1.165) is 10.7 Å². The smallest absolute Gasteiger partial charge is 0.323 e. The highest BCUT2D eigenvalue weighted by Gasteiger charge is 2.36. The van der Waals surface area contributed by atoms with Crippen LogP contribution in [-0.4, -0.2) is 85.0 Å². The molecule has 20 heavy (non-hydrogen) atoms. The maximum Gasteiger partial charge on any atom is 0.323 e. The van der Waals surface area contributed by atoms with E-state index in [1.54, 1.807) is 18.8 Å². The Hall–Kier alpha value is -0.960. The number of thioether (sulfide) groups is 1. The molecular weight excluding hydrogens is 304 g/mol. The van der Waals surface area contributed by atoms with Crippen molar-refractivity contribution in [3.63, 3.8) is 0 Å². The fourth-order valence-electron chi connectivity index (χ4n) is 2.06. The van der Waals surface area contributed by atoms with E-state index < -0.39 is 34.4 Å². The zero-order chi connectivity index (χ0) is 15.3. The molecule has 0 aromatic heterocycles. The first-order valence-electron chi connectivity index (χ1n) is 6.19. The lowest BCUT2D eigenvalue weighted by atomic mass is 10.2. The zero-order valence-electron chi connectivity index (χ0n) is 11.6. The predicted octanol–water partition coefficient (Wildman–Crippen LogP) is -0.0251. The Kier molecular flexibility index (Phi) is 6.12. The summed E-state index contributed by atoms with van der Waals surface area (Å²) in [5.74, 6) is -0.537. The van der Waals surface area contributed by atoms with E-state index in [1.165, 1.54) is 4.90 Å². The molecule has 1 rings (SSSR count). The quantitative estimate of drug-likeness (QED) is 0.737. The third-order valence-corrected chi connectivity index (χ3v) is 5.50. The summed E-state index contributed by atoms with van der Waals surface area (Å²) in [5.41, 5.74) is 0. The van der Waals surface area contributed by atoms with Crippen molar-refractivity contribution in [2.24, 2.45) is 0 Å². The van der Waals surface area contributed by atoms with Gasteiger partial charge in [0.25, 0.3) is 0 Å². The fraction of sp³-hybridized carbons (Fsp3) is 0.818. The molecule has 7 nitrogen and oxygen atoms in total. The lowest BCUT2D eigenvalue weighted by Crippen LogP contribution is -2.50. The molecule has 1 saturated heterocycles. The topological polar surface area (TPSA) is 95.0 Å². The number of carbonyl (C=O) groups is 2. The summed E-state index contributed by atoms with van der Waals surface area (Å²) < 4.78 is 23.0. The van der Waals surface area contributed by atoms with Crippen molar-refractivity contribution in [3.05, 3.63) is 0 Å². The molecule has 1 fully saturated rings. The van der Waals surface area contributed by atoms with E-state index in [4.69, 9.17) is 5.11 Å². The minimum atomic E-state index is -3.16. The van der Waals surface area contributed by atoms with E-state index in [2.05, 4.69) is 0 Å². The van der Waals surface area contributed by atoms with Crippen molar-refractivity contribution in [3.8, 4) is 0 Å². The summed E-state index contributed by atoms with van der Waals surface area (Å²) >= 11 is 1.58. The molecule has 1 atom stereocenters. The molecule has 0 spiro atoms. The second-order valence-corrected chi connectivity index (χ2v) is 7.99. The van der Waals surface area contributed by atoms with Gasteiger partial charge in [-0.05, 0) is 12.7 Å².